The number of aromatic nitrogens is 8. The summed E-state index contributed by atoms with van der Waals surface area (Å²) in [4.78, 5) is 26.5. The van der Waals surface area contributed by atoms with Crippen LogP contribution in [0.25, 0.3) is 22.3 Å². The summed E-state index contributed by atoms with van der Waals surface area (Å²) in [6.07, 6.45) is 10.2. The van der Waals surface area contributed by atoms with Crippen molar-refractivity contribution in [3.63, 3.8) is 0 Å². The van der Waals surface area contributed by atoms with Gasteiger partial charge in [-0.15, -0.1) is 0 Å². The van der Waals surface area contributed by atoms with E-state index in [4.69, 9.17) is 0 Å². The Morgan fingerprint density at radius 3 is 2.65 bits per heavy atom. The number of anilines is 1. The second-order valence-electron chi connectivity index (χ2n) is 6.36. The van der Waals surface area contributed by atoms with Crippen molar-refractivity contribution in [2.75, 3.05) is 17.5 Å². The highest BCUT2D eigenvalue weighted by molar-refractivity contribution is 5.83. The van der Waals surface area contributed by atoms with Crippen LogP contribution < -0.4 is 10.4 Å². The van der Waals surface area contributed by atoms with E-state index < -0.39 is 0 Å². The molecule has 1 aliphatic carbocycles. The van der Waals surface area contributed by atoms with Crippen molar-refractivity contribution < 1.29 is 0 Å². The van der Waals surface area contributed by atoms with Crippen LogP contribution >= 0.6 is 0 Å². The van der Waals surface area contributed by atoms with Crippen molar-refractivity contribution in [3.05, 3.63) is 31.0 Å². The van der Waals surface area contributed by atoms with E-state index in [2.05, 4.69) is 40.3 Å². The highest BCUT2D eigenvalue weighted by Gasteiger charge is 2.30. The second-order valence-corrected chi connectivity index (χ2v) is 6.36. The van der Waals surface area contributed by atoms with Crippen molar-refractivity contribution in [3.8, 4) is 0 Å². The lowest BCUT2D eigenvalue weighted by Crippen LogP contribution is -2.50. The Hall–Kier alpha value is -3.30. The standard InChI is InChI=1S/C16H18N10/c1-10-22-14(17-2)13-16(23-10)25(9-21-13)26(11-4-3-5-11)24-8-20-12-6-18-7-19-15(12)24/h6-9,11H,3-5H2,1-2H3,(H,17,22,23). The van der Waals surface area contributed by atoms with Crippen LogP contribution in [0, 0.1) is 6.92 Å². The SMILES string of the molecule is CNc1nc(C)nc2c1ncn2N(C1CCC1)n1cnc2cncnc21. The maximum Gasteiger partial charge on any atom is 0.186 e. The van der Waals surface area contributed by atoms with E-state index in [9.17, 15) is 0 Å². The number of hydrogen-bond donors (Lipinski definition) is 1. The van der Waals surface area contributed by atoms with Gasteiger partial charge in [0.15, 0.2) is 22.6 Å². The van der Waals surface area contributed by atoms with Crippen molar-refractivity contribution in [2.24, 2.45) is 0 Å². The lowest BCUT2D eigenvalue weighted by atomic mass is 9.93. The molecule has 1 aliphatic rings. The third kappa shape index (κ3) is 2.11. The van der Waals surface area contributed by atoms with Gasteiger partial charge in [0, 0.05) is 7.05 Å². The average molecular weight is 350 g/mol. The van der Waals surface area contributed by atoms with Gasteiger partial charge in [-0.3, -0.25) is 0 Å². The van der Waals surface area contributed by atoms with Crippen LogP contribution in [0.4, 0.5) is 5.82 Å². The molecule has 4 aromatic heterocycles. The zero-order chi connectivity index (χ0) is 17.7. The van der Waals surface area contributed by atoms with Gasteiger partial charge in [-0.2, -0.15) is 0 Å². The van der Waals surface area contributed by atoms with E-state index in [0.29, 0.717) is 11.9 Å². The predicted molar refractivity (Wildman–Crippen MR) is 96.2 cm³/mol. The van der Waals surface area contributed by atoms with Gasteiger partial charge in [0.2, 0.25) is 0 Å². The van der Waals surface area contributed by atoms with Crippen LogP contribution in [0.15, 0.2) is 25.2 Å². The van der Waals surface area contributed by atoms with Gasteiger partial charge in [0.1, 0.15) is 30.3 Å². The van der Waals surface area contributed by atoms with E-state index in [1.54, 1.807) is 18.9 Å². The van der Waals surface area contributed by atoms with E-state index >= 15 is 0 Å². The zero-order valence-electron chi connectivity index (χ0n) is 14.5. The summed E-state index contributed by atoms with van der Waals surface area (Å²) in [6.45, 7) is 1.88. The second kappa shape index (κ2) is 5.61. The Bertz CT molecular complexity index is 1090. The molecular weight excluding hydrogens is 332 g/mol. The van der Waals surface area contributed by atoms with Crippen LogP contribution in [-0.2, 0) is 0 Å². The first-order valence-electron chi connectivity index (χ1n) is 8.58. The molecule has 0 unspecified atom stereocenters. The normalized spacial score (nSPS) is 14.7. The van der Waals surface area contributed by atoms with Crippen LogP contribution in [0.1, 0.15) is 25.1 Å². The van der Waals surface area contributed by atoms with Gasteiger partial charge in [-0.25, -0.2) is 44.4 Å². The molecule has 1 fully saturated rings. The molecule has 0 amide bonds. The highest BCUT2D eigenvalue weighted by atomic mass is 15.8. The maximum absolute atomic E-state index is 4.64. The third-order valence-electron chi connectivity index (χ3n) is 4.77. The molecule has 0 radical (unpaired) electrons. The fraction of sp³-hybridized carbons (Fsp3) is 0.375. The minimum absolute atomic E-state index is 0.327. The van der Waals surface area contributed by atoms with Crippen molar-refractivity contribution in [1.29, 1.82) is 0 Å². The average Bonchev–Trinajstić information content (AvgIpc) is 3.21. The fourth-order valence-corrected chi connectivity index (χ4v) is 3.30. The molecule has 0 aliphatic heterocycles. The molecule has 1 N–H and O–H groups in total. The fourth-order valence-electron chi connectivity index (χ4n) is 3.30. The van der Waals surface area contributed by atoms with Crippen LogP contribution in [0.5, 0.6) is 0 Å². The predicted octanol–water partition coefficient (Wildman–Crippen LogP) is 1.27. The zero-order valence-corrected chi connectivity index (χ0v) is 14.5. The van der Waals surface area contributed by atoms with Gasteiger partial charge in [-0.1, -0.05) is 0 Å². The molecule has 4 aromatic rings. The largest absolute Gasteiger partial charge is 0.371 e. The van der Waals surface area contributed by atoms with Crippen molar-refractivity contribution >= 4 is 28.1 Å². The lowest BCUT2D eigenvalue weighted by molar-refractivity contribution is 0.307. The van der Waals surface area contributed by atoms with E-state index in [1.165, 1.54) is 12.7 Å². The van der Waals surface area contributed by atoms with Crippen molar-refractivity contribution in [1.82, 2.24) is 39.3 Å². The first-order valence-corrected chi connectivity index (χ1v) is 8.58. The minimum atomic E-state index is 0.327. The number of imidazole rings is 2. The molecule has 0 atom stereocenters. The van der Waals surface area contributed by atoms with Gasteiger partial charge in [-0.05, 0) is 26.2 Å². The molecule has 0 bridgehead atoms. The lowest BCUT2D eigenvalue weighted by Gasteiger charge is -2.39. The molecular formula is C16H18N10. The topological polar surface area (TPSA) is 102 Å². The Morgan fingerprint density at radius 2 is 1.88 bits per heavy atom. The quantitative estimate of drug-likeness (QED) is 0.587. The summed E-state index contributed by atoms with van der Waals surface area (Å²) >= 11 is 0. The summed E-state index contributed by atoms with van der Waals surface area (Å²) in [6, 6.07) is 0.327. The Kier molecular flexibility index (Phi) is 3.24. The minimum Gasteiger partial charge on any atom is -0.371 e. The third-order valence-corrected chi connectivity index (χ3v) is 4.77. The number of nitrogens with one attached hydrogen (secondary N) is 1. The van der Waals surface area contributed by atoms with Crippen LogP contribution in [0.3, 0.4) is 0 Å². The smallest absolute Gasteiger partial charge is 0.186 e. The molecule has 4 heterocycles. The molecule has 26 heavy (non-hydrogen) atoms. The van der Waals surface area contributed by atoms with Gasteiger partial charge in [0.05, 0.1) is 12.2 Å². The van der Waals surface area contributed by atoms with E-state index in [1.807, 2.05) is 23.3 Å². The molecule has 1 saturated carbocycles. The van der Waals surface area contributed by atoms with Crippen LogP contribution in [-0.4, -0.2) is 52.3 Å². The maximum atomic E-state index is 4.64. The summed E-state index contributed by atoms with van der Waals surface area (Å²) < 4.78 is 3.93. The van der Waals surface area contributed by atoms with Gasteiger partial charge in [0.25, 0.3) is 0 Å². The van der Waals surface area contributed by atoms with Crippen LogP contribution in [0.2, 0.25) is 0 Å². The molecule has 0 spiro atoms. The Labute approximate surface area is 148 Å². The van der Waals surface area contributed by atoms with Gasteiger partial charge < -0.3 is 5.32 Å². The molecule has 10 nitrogen and oxygen atoms in total. The van der Waals surface area contributed by atoms with Crippen molar-refractivity contribution in [2.45, 2.75) is 32.2 Å². The molecule has 5 rings (SSSR count). The number of hydrogen-bond acceptors (Lipinski definition) is 8. The number of aryl methyl sites for hydroxylation is 1. The summed E-state index contributed by atoms with van der Waals surface area (Å²) in [5.41, 5.74) is 3.00. The molecule has 0 saturated heterocycles. The summed E-state index contributed by atoms with van der Waals surface area (Å²) in [7, 11) is 1.84. The van der Waals surface area contributed by atoms with E-state index in [0.717, 1.165) is 41.0 Å². The van der Waals surface area contributed by atoms with E-state index in [-0.39, 0.29) is 0 Å². The number of fused-ring (bicyclic) bond motifs is 2. The molecule has 132 valence electrons. The highest BCUT2D eigenvalue weighted by Crippen LogP contribution is 2.28. The monoisotopic (exact) mass is 350 g/mol. The number of nitrogens with zero attached hydrogens (tertiary/aromatic N) is 9. The van der Waals surface area contributed by atoms with Gasteiger partial charge >= 0.3 is 0 Å². The molecule has 10 heteroatoms. The molecule has 0 aromatic carbocycles. The number of rotatable bonds is 4. The summed E-state index contributed by atoms with van der Waals surface area (Å²) in [5.74, 6) is 1.41. The first-order chi connectivity index (χ1) is 12.8. The Balaban J connectivity index is 1.74. The Morgan fingerprint density at radius 1 is 1.08 bits per heavy atom. The summed E-state index contributed by atoms with van der Waals surface area (Å²) in [5, 5.41) is 5.23. The first kappa shape index (κ1) is 15.0.